The van der Waals surface area contributed by atoms with Crippen molar-refractivity contribution in [1.82, 2.24) is 0 Å². The Balaban J connectivity index is 1.25. The van der Waals surface area contributed by atoms with Gasteiger partial charge in [-0.3, -0.25) is 0 Å². The van der Waals surface area contributed by atoms with E-state index in [1.807, 2.05) is 97.9 Å². The second-order valence-electron chi connectivity index (χ2n) is 10.1. The van der Waals surface area contributed by atoms with Crippen LogP contribution in [0.3, 0.4) is 0 Å². The fraction of sp³-hybridized carbons (Fsp3) is 0.150. The lowest BCUT2D eigenvalue weighted by molar-refractivity contribution is -0.138. The van der Waals surface area contributed by atoms with Crippen LogP contribution in [-0.2, 0) is 38.5 Å². The quantitative estimate of drug-likeness (QED) is 0.107. The summed E-state index contributed by atoms with van der Waals surface area (Å²) < 4.78 is 16.1. The summed E-state index contributed by atoms with van der Waals surface area (Å²) in [5.74, 6) is 12.8. The smallest absolute Gasteiger partial charge is 0.330 e. The second-order valence-corrected chi connectivity index (χ2v) is 10.1. The molecule has 0 saturated carbocycles. The zero-order valence-corrected chi connectivity index (χ0v) is 25.3. The van der Waals surface area contributed by atoms with Crippen LogP contribution in [0.5, 0.6) is 5.75 Å². The van der Waals surface area contributed by atoms with E-state index in [0.29, 0.717) is 32.7 Å². The van der Waals surface area contributed by atoms with Crippen molar-refractivity contribution in [2.45, 2.75) is 26.4 Å². The third-order valence-electron chi connectivity index (χ3n) is 6.74. The van der Waals surface area contributed by atoms with E-state index in [2.05, 4.69) is 36.8 Å². The van der Waals surface area contributed by atoms with Gasteiger partial charge in [-0.2, -0.15) is 0 Å². The Kier molecular flexibility index (Phi) is 12.0. The predicted octanol–water partition coefficient (Wildman–Crippen LogP) is 6.92. The van der Waals surface area contributed by atoms with Gasteiger partial charge in [-0.05, 0) is 83.8 Å². The maximum Gasteiger partial charge on any atom is 0.330 e. The Hall–Kier alpha value is -5.78. The molecule has 0 saturated heterocycles. The first-order valence-electron chi connectivity index (χ1n) is 14.5. The summed E-state index contributed by atoms with van der Waals surface area (Å²) in [6, 6.07) is 29.8. The minimum absolute atomic E-state index is 0.320. The predicted molar refractivity (Wildman–Crippen MR) is 177 cm³/mol. The van der Waals surface area contributed by atoms with Gasteiger partial charge in [0.05, 0.1) is 13.2 Å². The van der Waals surface area contributed by atoms with E-state index in [-0.39, 0.29) is 0 Å². The number of carbonyl (C=O) groups excluding carboxylic acids is 2. The average molecular weight is 595 g/mol. The van der Waals surface area contributed by atoms with Crippen LogP contribution in [0.15, 0.2) is 116 Å². The molecule has 0 aliphatic rings. The molecular weight excluding hydrogens is 560 g/mol. The maximum atomic E-state index is 11.2. The summed E-state index contributed by atoms with van der Waals surface area (Å²) in [7, 11) is 0. The third-order valence-corrected chi connectivity index (χ3v) is 6.74. The van der Waals surface area contributed by atoms with Crippen LogP contribution in [0.2, 0.25) is 0 Å². The average Bonchev–Trinajstić information content (AvgIpc) is 3.07. The lowest BCUT2D eigenvalue weighted by atomic mass is 10.1. The lowest BCUT2D eigenvalue weighted by Crippen LogP contribution is -2.04. The van der Waals surface area contributed by atoms with Crippen LogP contribution in [-0.4, -0.2) is 25.2 Å². The van der Waals surface area contributed by atoms with Gasteiger partial charge in [0.15, 0.2) is 0 Å². The van der Waals surface area contributed by atoms with Gasteiger partial charge in [0, 0.05) is 47.2 Å². The largest absolute Gasteiger partial charge is 0.489 e. The molecule has 0 radical (unpaired) electrons. The Morgan fingerprint density at radius 1 is 0.600 bits per heavy atom. The highest BCUT2D eigenvalue weighted by Crippen LogP contribution is 2.20. The Bertz CT molecular complexity index is 1760. The Morgan fingerprint density at radius 2 is 1.00 bits per heavy atom. The molecule has 0 heterocycles. The molecule has 0 aliphatic heterocycles. The van der Waals surface area contributed by atoms with Gasteiger partial charge >= 0.3 is 11.9 Å². The number of aryl methyl sites for hydroxylation is 1. The molecule has 0 amide bonds. The maximum absolute atomic E-state index is 11.2. The van der Waals surface area contributed by atoms with E-state index in [4.69, 9.17) is 14.2 Å². The van der Waals surface area contributed by atoms with Gasteiger partial charge in [-0.1, -0.05) is 73.2 Å². The van der Waals surface area contributed by atoms with Crippen LogP contribution in [0, 0.1) is 30.6 Å². The van der Waals surface area contributed by atoms with Crippen molar-refractivity contribution in [3.63, 3.8) is 0 Å². The SMILES string of the molecule is C=CC(=O)OCCc1ccc(C#Cc2ccc(COc3ccc(C#Cc4ccc(CCOC(=O)C=C)cc4)cc3C)cc2)cc1. The van der Waals surface area contributed by atoms with Gasteiger partial charge in [0.1, 0.15) is 12.4 Å². The van der Waals surface area contributed by atoms with Gasteiger partial charge in [0.2, 0.25) is 0 Å². The minimum atomic E-state index is -0.413. The molecule has 4 rings (SSSR count). The summed E-state index contributed by atoms with van der Waals surface area (Å²) in [5.41, 5.74) is 7.86. The number of carbonyl (C=O) groups is 2. The molecule has 45 heavy (non-hydrogen) atoms. The molecule has 0 spiro atoms. The first-order chi connectivity index (χ1) is 21.9. The van der Waals surface area contributed by atoms with Gasteiger partial charge in [-0.25, -0.2) is 9.59 Å². The summed E-state index contributed by atoms with van der Waals surface area (Å²) in [6.07, 6.45) is 3.61. The molecule has 0 N–H and O–H groups in total. The Morgan fingerprint density at radius 3 is 1.42 bits per heavy atom. The zero-order valence-electron chi connectivity index (χ0n) is 25.3. The molecule has 0 unspecified atom stereocenters. The van der Waals surface area contributed by atoms with Gasteiger partial charge < -0.3 is 14.2 Å². The molecule has 0 bridgehead atoms. The van der Waals surface area contributed by atoms with Crippen LogP contribution in [0.1, 0.15) is 44.5 Å². The summed E-state index contributed by atoms with van der Waals surface area (Å²) in [4.78, 5) is 22.3. The topological polar surface area (TPSA) is 61.8 Å². The van der Waals surface area contributed by atoms with E-state index < -0.39 is 11.9 Å². The number of hydrogen-bond acceptors (Lipinski definition) is 5. The molecule has 4 aromatic rings. The van der Waals surface area contributed by atoms with Crippen LogP contribution < -0.4 is 4.74 Å². The van der Waals surface area contributed by atoms with E-state index in [1.165, 1.54) is 0 Å². The number of rotatable bonds is 11. The van der Waals surface area contributed by atoms with Crippen LogP contribution in [0.4, 0.5) is 0 Å². The van der Waals surface area contributed by atoms with E-state index in [0.717, 1.165) is 62.4 Å². The molecule has 5 heteroatoms. The highest BCUT2D eigenvalue weighted by Gasteiger charge is 2.03. The standard InChI is InChI=1S/C40H34O5/c1-4-39(41)43-26-24-34-12-8-31(9-13-34)6-7-33-17-20-37(21-18-33)29-45-38-23-22-36(28-30(38)3)19-16-32-10-14-35(15-11-32)25-27-44-40(42)5-2/h4-5,8-15,17-18,20-23,28H,1-2,24-27,29H2,3H3. The molecule has 5 nitrogen and oxygen atoms in total. The van der Waals surface area contributed by atoms with Gasteiger partial charge in [-0.15, -0.1) is 0 Å². The van der Waals surface area contributed by atoms with Crippen LogP contribution >= 0.6 is 0 Å². The third kappa shape index (κ3) is 10.8. The molecule has 4 aromatic carbocycles. The van der Waals surface area contributed by atoms with Crippen LogP contribution in [0.25, 0.3) is 0 Å². The summed E-state index contributed by atoms with van der Waals surface area (Å²) in [6.45, 7) is 9.88. The normalized spacial score (nSPS) is 9.89. The first kappa shape index (κ1) is 32.1. The molecular formula is C40H34O5. The number of esters is 2. The monoisotopic (exact) mass is 594 g/mol. The van der Waals surface area contributed by atoms with Crippen molar-refractivity contribution in [3.05, 3.63) is 161 Å². The van der Waals surface area contributed by atoms with E-state index in [9.17, 15) is 9.59 Å². The van der Waals surface area contributed by atoms with Crippen molar-refractivity contribution < 1.29 is 23.8 Å². The highest BCUT2D eigenvalue weighted by molar-refractivity contribution is 5.81. The minimum Gasteiger partial charge on any atom is -0.489 e. The number of hydrogen-bond donors (Lipinski definition) is 0. The van der Waals surface area contributed by atoms with Crippen molar-refractivity contribution in [2.24, 2.45) is 0 Å². The molecule has 0 atom stereocenters. The first-order valence-corrected chi connectivity index (χ1v) is 14.5. The zero-order chi connectivity index (χ0) is 31.9. The molecule has 0 aromatic heterocycles. The fourth-order valence-electron chi connectivity index (χ4n) is 4.19. The fourth-order valence-corrected chi connectivity index (χ4v) is 4.19. The number of ether oxygens (including phenoxy) is 3. The van der Waals surface area contributed by atoms with Crippen molar-refractivity contribution in [2.75, 3.05) is 13.2 Å². The Labute approximate surface area is 265 Å². The molecule has 0 aliphatic carbocycles. The van der Waals surface area contributed by atoms with E-state index >= 15 is 0 Å². The van der Waals surface area contributed by atoms with Gasteiger partial charge in [0.25, 0.3) is 0 Å². The lowest BCUT2D eigenvalue weighted by Gasteiger charge is -2.09. The van der Waals surface area contributed by atoms with Crippen molar-refractivity contribution in [1.29, 1.82) is 0 Å². The molecule has 224 valence electrons. The van der Waals surface area contributed by atoms with E-state index in [1.54, 1.807) is 0 Å². The number of benzene rings is 4. The summed E-state index contributed by atoms with van der Waals surface area (Å²) >= 11 is 0. The second kappa shape index (κ2) is 16.8. The summed E-state index contributed by atoms with van der Waals surface area (Å²) in [5, 5.41) is 0. The van der Waals surface area contributed by atoms with Crippen molar-refractivity contribution in [3.8, 4) is 29.4 Å². The molecule has 0 fully saturated rings. The van der Waals surface area contributed by atoms with Crippen molar-refractivity contribution >= 4 is 11.9 Å². The highest BCUT2D eigenvalue weighted by atomic mass is 16.5.